The maximum Gasteiger partial charge on any atom is 0.271 e. The minimum atomic E-state index is -0.954. The van der Waals surface area contributed by atoms with Gasteiger partial charge in [-0.1, -0.05) is 42.5 Å². The molecule has 0 spiro atoms. The fraction of sp³-hybridized carbons (Fsp3) is 0.0909. The number of aliphatic imine (C=N–C) groups is 1. The minimum Gasteiger partial charge on any atom is -0.383 e. The van der Waals surface area contributed by atoms with E-state index in [1.54, 1.807) is 6.20 Å². The summed E-state index contributed by atoms with van der Waals surface area (Å²) in [6.07, 6.45) is 4.73. The molecule has 1 aliphatic carbocycles. The molecule has 138 valence electrons. The van der Waals surface area contributed by atoms with E-state index in [2.05, 4.69) is 34.2 Å². The van der Waals surface area contributed by atoms with Crippen LogP contribution < -0.4 is 0 Å². The molecule has 1 aromatic heterocycles. The zero-order valence-electron chi connectivity index (χ0n) is 14.9. The number of hydrogen-bond donors (Lipinski definition) is 1. The molecule has 0 bridgehead atoms. The van der Waals surface area contributed by atoms with E-state index in [4.69, 9.17) is 0 Å². The highest BCUT2D eigenvalue weighted by molar-refractivity contribution is 6.01. The maximum absolute atomic E-state index is 11.0. The van der Waals surface area contributed by atoms with Crippen LogP contribution in [-0.4, -0.2) is 26.8 Å². The van der Waals surface area contributed by atoms with Crippen molar-refractivity contribution in [1.29, 1.82) is 0 Å². The van der Waals surface area contributed by atoms with Crippen LogP contribution in [0.1, 0.15) is 5.56 Å². The normalized spacial score (nSPS) is 17.7. The summed E-state index contributed by atoms with van der Waals surface area (Å²) in [6.45, 7) is 0.262. The molecule has 1 unspecified atom stereocenters. The number of allylic oxidation sites excluding steroid dienone is 1. The summed E-state index contributed by atoms with van der Waals surface area (Å²) in [6, 6.07) is 18.0. The molecule has 1 N–H and O–H groups in total. The molecule has 0 aliphatic heterocycles. The molecule has 28 heavy (non-hydrogen) atoms. The van der Waals surface area contributed by atoms with Crippen LogP contribution in [0.2, 0.25) is 0 Å². The Morgan fingerprint density at radius 2 is 1.93 bits per heavy atom. The van der Waals surface area contributed by atoms with Crippen molar-refractivity contribution < 1.29 is 10.0 Å². The second-order valence-electron chi connectivity index (χ2n) is 6.44. The van der Waals surface area contributed by atoms with Gasteiger partial charge >= 0.3 is 0 Å². The largest absolute Gasteiger partial charge is 0.383 e. The van der Waals surface area contributed by atoms with E-state index in [-0.39, 0.29) is 18.0 Å². The van der Waals surface area contributed by atoms with Crippen molar-refractivity contribution in [3.8, 4) is 11.3 Å². The van der Waals surface area contributed by atoms with Gasteiger partial charge in [0.2, 0.25) is 0 Å². The Hall–Kier alpha value is -3.64. The van der Waals surface area contributed by atoms with Crippen molar-refractivity contribution in [2.75, 3.05) is 0 Å². The standard InChI is InChI=1S/C22H17N3O3/c26-21-10-9-19(25(27)28)13-20(21)24-14-18-6-3-11-23-22(18)17-8-7-15-4-1-2-5-16(15)12-17/h1-13,21,26H,14H2. The van der Waals surface area contributed by atoms with E-state index in [1.807, 2.05) is 30.3 Å². The third kappa shape index (κ3) is 3.58. The summed E-state index contributed by atoms with van der Waals surface area (Å²) in [5.41, 5.74) is 2.83. The number of hydrogen-bond acceptors (Lipinski definition) is 5. The van der Waals surface area contributed by atoms with Crippen molar-refractivity contribution in [3.63, 3.8) is 0 Å². The molecule has 1 heterocycles. The molecule has 6 heteroatoms. The number of aliphatic hydroxyl groups is 1. The number of benzene rings is 2. The zero-order valence-corrected chi connectivity index (χ0v) is 14.9. The molecule has 0 amide bonds. The van der Waals surface area contributed by atoms with E-state index >= 15 is 0 Å². The lowest BCUT2D eigenvalue weighted by Crippen LogP contribution is -2.21. The van der Waals surface area contributed by atoms with E-state index in [9.17, 15) is 15.2 Å². The molecule has 0 radical (unpaired) electrons. The number of rotatable bonds is 4. The lowest BCUT2D eigenvalue weighted by Gasteiger charge is -2.12. The van der Waals surface area contributed by atoms with Crippen molar-refractivity contribution >= 4 is 16.5 Å². The number of aliphatic hydroxyl groups excluding tert-OH is 1. The molecular weight excluding hydrogens is 354 g/mol. The fourth-order valence-electron chi connectivity index (χ4n) is 3.17. The summed E-state index contributed by atoms with van der Waals surface area (Å²) in [4.78, 5) is 19.4. The van der Waals surface area contributed by atoms with Crippen LogP contribution in [0.15, 0.2) is 89.7 Å². The van der Waals surface area contributed by atoms with Crippen LogP contribution in [0.4, 0.5) is 0 Å². The number of aromatic nitrogens is 1. The predicted molar refractivity (Wildman–Crippen MR) is 109 cm³/mol. The third-order valence-corrected chi connectivity index (χ3v) is 4.61. The fourth-order valence-corrected chi connectivity index (χ4v) is 3.17. The van der Waals surface area contributed by atoms with E-state index in [0.29, 0.717) is 0 Å². The minimum absolute atomic E-state index is 0.0926. The first-order valence-electron chi connectivity index (χ1n) is 8.81. The van der Waals surface area contributed by atoms with E-state index in [1.165, 1.54) is 18.2 Å². The topological polar surface area (TPSA) is 88.6 Å². The summed E-state index contributed by atoms with van der Waals surface area (Å²) >= 11 is 0. The van der Waals surface area contributed by atoms with Gasteiger partial charge in [0.15, 0.2) is 0 Å². The first-order chi connectivity index (χ1) is 13.6. The molecular formula is C22H17N3O3. The van der Waals surface area contributed by atoms with Gasteiger partial charge < -0.3 is 5.11 Å². The Morgan fingerprint density at radius 1 is 1.11 bits per heavy atom. The Bertz CT molecular complexity index is 1150. The molecule has 4 rings (SSSR count). The lowest BCUT2D eigenvalue weighted by atomic mass is 10.0. The van der Waals surface area contributed by atoms with Crippen LogP contribution in [0.5, 0.6) is 0 Å². The average molecular weight is 371 g/mol. The Balaban J connectivity index is 1.68. The Kier molecular flexibility index (Phi) is 4.78. The summed E-state index contributed by atoms with van der Waals surface area (Å²) in [5, 5.41) is 23.3. The third-order valence-electron chi connectivity index (χ3n) is 4.61. The van der Waals surface area contributed by atoms with Crippen molar-refractivity contribution in [1.82, 2.24) is 4.98 Å². The van der Waals surface area contributed by atoms with Gasteiger partial charge in [-0.25, -0.2) is 0 Å². The number of fused-ring (bicyclic) bond motifs is 1. The molecule has 0 saturated carbocycles. The van der Waals surface area contributed by atoms with Gasteiger partial charge in [0.25, 0.3) is 5.70 Å². The maximum atomic E-state index is 11.0. The van der Waals surface area contributed by atoms with Crippen LogP contribution in [0, 0.1) is 10.1 Å². The SMILES string of the molecule is O=[N+]([O-])C1=CC(=NCc2cccnc2-c2ccc3ccccc3c2)C(O)C=C1. The quantitative estimate of drug-likeness (QED) is 0.556. The first kappa shape index (κ1) is 17.8. The average Bonchev–Trinajstić information content (AvgIpc) is 2.73. The van der Waals surface area contributed by atoms with Crippen molar-refractivity contribution in [2.24, 2.45) is 4.99 Å². The monoisotopic (exact) mass is 371 g/mol. The summed E-state index contributed by atoms with van der Waals surface area (Å²) in [7, 11) is 0. The van der Waals surface area contributed by atoms with Gasteiger partial charge in [0.05, 0.1) is 22.9 Å². The molecule has 2 aromatic carbocycles. The number of nitrogens with zero attached hydrogens (tertiary/aromatic N) is 3. The van der Waals surface area contributed by atoms with Crippen LogP contribution in [0.3, 0.4) is 0 Å². The first-order valence-corrected chi connectivity index (χ1v) is 8.81. The van der Waals surface area contributed by atoms with Crippen molar-refractivity contribution in [2.45, 2.75) is 12.6 Å². The van der Waals surface area contributed by atoms with Gasteiger partial charge in [0, 0.05) is 23.9 Å². The number of nitro groups is 1. The van der Waals surface area contributed by atoms with E-state index < -0.39 is 11.0 Å². The highest BCUT2D eigenvalue weighted by Gasteiger charge is 2.19. The smallest absolute Gasteiger partial charge is 0.271 e. The van der Waals surface area contributed by atoms with Gasteiger partial charge in [-0.15, -0.1) is 0 Å². The summed E-state index contributed by atoms with van der Waals surface area (Å²) in [5.74, 6) is 0. The number of pyridine rings is 1. The second kappa shape index (κ2) is 7.54. The molecule has 3 aromatic rings. The molecule has 0 saturated heterocycles. The van der Waals surface area contributed by atoms with Crippen molar-refractivity contribution in [3.05, 3.63) is 100 Å². The van der Waals surface area contributed by atoms with Gasteiger partial charge in [-0.2, -0.15) is 0 Å². The molecule has 1 aliphatic rings. The van der Waals surface area contributed by atoms with E-state index in [0.717, 1.165) is 27.6 Å². The molecule has 0 fully saturated rings. The second-order valence-corrected chi connectivity index (χ2v) is 6.44. The lowest BCUT2D eigenvalue weighted by molar-refractivity contribution is -0.419. The van der Waals surface area contributed by atoms with Gasteiger partial charge in [0.1, 0.15) is 6.10 Å². The Labute approximate surface area is 161 Å². The highest BCUT2D eigenvalue weighted by atomic mass is 16.6. The van der Waals surface area contributed by atoms with Crippen LogP contribution in [0.25, 0.3) is 22.0 Å². The predicted octanol–water partition coefficient (Wildman–Crippen LogP) is 3.93. The zero-order chi connectivity index (χ0) is 19.5. The summed E-state index contributed by atoms with van der Waals surface area (Å²) < 4.78 is 0. The van der Waals surface area contributed by atoms with Gasteiger partial charge in [-0.3, -0.25) is 20.1 Å². The highest BCUT2D eigenvalue weighted by Crippen LogP contribution is 2.26. The Morgan fingerprint density at radius 3 is 2.75 bits per heavy atom. The molecule has 6 nitrogen and oxygen atoms in total. The van der Waals surface area contributed by atoms with Gasteiger partial charge in [-0.05, 0) is 34.5 Å². The molecule has 1 atom stereocenters. The van der Waals surface area contributed by atoms with Crippen LogP contribution >= 0.6 is 0 Å². The van der Waals surface area contributed by atoms with Crippen LogP contribution in [-0.2, 0) is 6.54 Å².